The van der Waals surface area contributed by atoms with Crippen LogP contribution in [0.25, 0.3) is 22.3 Å². The lowest BCUT2D eigenvalue weighted by atomic mass is 9.85. The maximum Gasteiger partial charge on any atom is 0.278 e. The number of non-ortho nitro benzene ring substituents is 1. The second-order valence-corrected chi connectivity index (χ2v) is 8.40. The van der Waals surface area contributed by atoms with E-state index >= 15 is 0 Å². The molecule has 10 heteroatoms. The molecule has 5 rings (SSSR count). The molecule has 1 aromatic carbocycles. The standard InChI is InChI=1S/C24H25N3O7/c1-3-24(29)17-11-20-21-14(10-15-18(25-21)6-5-7-19(15)27(30)31)12-26(20)22(28)16(17)13-34-23(24)33-9-8-32-4-2/h5-7,10-11,23,29H,3-4,8-9,12-13H2,1-2H3/t23-,24+/m1/s1. The first-order valence-corrected chi connectivity index (χ1v) is 11.3. The summed E-state index contributed by atoms with van der Waals surface area (Å²) in [5.74, 6) is 0. The predicted molar refractivity (Wildman–Crippen MR) is 122 cm³/mol. The van der Waals surface area contributed by atoms with E-state index in [0.29, 0.717) is 52.2 Å². The highest BCUT2D eigenvalue weighted by Crippen LogP contribution is 2.41. The Hall–Kier alpha value is -3.18. The van der Waals surface area contributed by atoms with Gasteiger partial charge in [-0.2, -0.15) is 0 Å². The molecule has 0 fully saturated rings. The zero-order valence-corrected chi connectivity index (χ0v) is 18.9. The van der Waals surface area contributed by atoms with Crippen LogP contribution in [-0.2, 0) is 33.0 Å². The van der Waals surface area contributed by atoms with E-state index in [1.165, 1.54) is 6.07 Å². The number of hydrogen-bond donors (Lipinski definition) is 1. The Kier molecular flexibility index (Phi) is 5.68. The molecule has 1 N–H and O–H groups in total. The number of nitro benzene ring substituents is 1. The number of hydrogen-bond acceptors (Lipinski definition) is 8. The molecule has 0 saturated carbocycles. The maximum atomic E-state index is 13.4. The lowest BCUT2D eigenvalue weighted by Crippen LogP contribution is -2.49. The highest BCUT2D eigenvalue weighted by Gasteiger charge is 2.46. The van der Waals surface area contributed by atoms with Crippen molar-refractivity contribution in [3.05, 3.63) is 67.5 Å². The SMILES string of the molecule is CCOCCO[C@@H]1OCc2c(cc3n(c2=O)Cc2cc4c([N+](=O)[O-])cccc4nc2-3)[C@@]1(O)CC. The molecule has 0 aliphatic carbocycles. The van der Waals surface area contributed by atoms with E-state index in [-0.39, 0.29) is 37.4 Å². The second-order valence-electron chi connectivity index (χ2n) is 8.40. The van der Waals surface area contributed by atoms with Gasteiger partial charge in [0.2, 0.25) is 0 Å². The molecule has 2 aliphatic rings. The van der Waals surface area contributed by atoms with E-state index in [1.807, 2.05) is 6.92 Å². The van der Waals surface area contributed by atoms with Crippen LogP contribution in [0.5, 0.6) is 0 Å². The molecule has 0 amide bonds. The molecular weight excluding hydrogens is 442 g/mol. The van der Waals surface area contributed by atoms with Crippen molar-refractivity contribution in [1.29, 1.82) is 0 Å². The van der Waals surface area contributed by atoms with Crippen molar-refractivity contribution in [3.63, 3.8) is 0 Å². The van der Waals surface area contributed by atoms with Gasteiger partial charge in [0.25, 0.3) is 11.2 Å². The molecule has 0 bridgehead atoms. The molecule has 2 atom stereocenters. The molecular formula is C24H25N3O7. The first-order valence-electron chi connectivity index (χ1n) is 11.3. The average molecular weight is 467 g/mol. The van der Waals surface area contributed by atoms with Crippen molar-refractivity contribution in [1.82, 2.24) is 9.55 Å². The Bertz CT molecular complexity index is 1350. The Morgan fingerprint density at radius 2 is 2.15 bits per heavy atom. The number of ether oxygens (including phenoxy) is 3. The van der Waals surface area contributed by atoms with Gasteiger partial charge in [0, 0.05) is 29.4 Å². The van der Waals surface area contributed by atoms with Crippen molar-refractivity contribution in [3.8, 4) is 11.4 Å². The number of aromatic nitrogens is 2. The molecule has 4 heterocycles. The summed E-state index contributed by atoms with van der Waals surface area (Å²) in [6, 6.07) is 8.24. The van der Waals surface area contributed by atoms with Crippen LogP contribution >= 0.6 is 0 Å². The summed E-state index contributed by atoms with van der Waals surface area (Å²) < 4.78 is 18.5. The first kappa shape index (κ1) is 22.6. The topological polar surface area (TPSA) is 126 Å². The van der Waals surface area contributed by atoms with Crippen molar-refractivity contribution in [2.24, 2.45) is 0 Å². The first-order chi connectivity index (χ1) is 16.4. The van der Waals surface area contributed by atoms with E-state index in [4.69, 9.17) is 14.2 Å². The lowest BCUT2D eigenvalue weighted by Gasteiger charge is -2.40. The Balaban J connectivity index is 1.61. The van der Waals surface area contributed by atoms with Gasteiger partial charge < -0.3 is 23.9 Å². The molecule has 10 nitrogen and oxygen atoms in total. The van der Waals surface area contributed by atoms with Gasteiger partial charge in [0.15, 0.2) is 6.29 Å². The Morgan fingerprint density at radius 1 is 1.32 bits per heavy atom. The molecule has 178 valence electrons. The lowest BCUT2D eigenvalue weighted by molar-refractivity contribution is -0.383. The number of nitro groups is 1. The van der Waals surface area contributed by atoms with E-state index in [1.54, 1.807) is 35.8 Å². The summed E-state index contributed by atoms with van der Waals surface area (Å²) in [6.07, 6.45) is -0.673. The third kappa shape index (κ3) is 3.41. The van der Waals surface area contributed by atoms with Crippen LogP contribution in [0.4, 0.5) is 5.69 Å². The highest BCUT2D eigenvalue weighted by atomic mass is 16.7. The Morgan fingerprint density at radius 3 is 2.88 bits per heavy atom. The zero-order valence-electron chi connectivity index (χ0n) is 18.9. The van der Waals surface area contributed by atoms with Gasteiger partial charge in [0.05, 0.1) is 53.6 Å². The van der Waals surface area contributed by atoms with Gasteiger partial charge in [-0.15, -0.1) is 0 Å². The van der Waals surface area contributed by atoms with Gasteiger partial charge in [0.1, 0.15) is 5.60 Å². The number of rotatable bonds is 7. The molecule has 2 aromatic heterocycles. The quantitative estimate of drug-likeness (QED) is 0.250. The molecule has 2 aliphatic heterocycles. The van der Waals surface area contributed by atoms with E-state index in [9.17, 15) is 20.0 Å². The highest BCUT2D eigenvalue weighted by molar-refractivity contribution is 5.91. The normalized spacial score (nSPS) is 20.7. The largest absolute Gasteiger partial charge is 0.380 e. The van der Waals surface area contributed by atoms with E-state index in [0.717, 1.165) is 0 Å². The van der Waals surface area contributed by atoms with Crippen molar-refractivity contribution in [2.75, 3.05) is 19.8 Å². The maximum absolute atomic E-state index is 13.4. The molecule has 0 unspecified atom stereocenters. The monoisotopic (exact) mass is 467 g/mol. The van der Waals surface area contributed by atoms with Gasteiger partial charge in [-0.3, -0.25) is 14.9 Å². The molecule has 3 aromatic rings. The number of aliphatic hydroxyl groups is 1. The second kappa shape index (κ2) is 8.55. The van der Waals surface area contributed by atoms with Crippen LogP contribution in [-0.4, -0.2) is 45.7 Å². The Labute approximate surface area is 194 Å². The summed E-state index contributed by atoms with van der Waals surface area (Å²) in [5.41, 5.74) is 1.34. The molecule has 0 radical (unpaired) electrons. The van der Waals surface area contributed by atoms with Gasteiger partial charge in [-0.25, -0.2) is 4.98 Å². The van der Waals surface area contributed by atoms with Crippen molar-refractivity contribution in [2.45, 2.75) is 45.3 Å². The van der Waals surface area contributed by atoms with Crippen LogP contribution in [0.1, 0.15) is 37.0 Å². The summed E-state index contributed by atoms with van der Waals surface area (Å²) in [7, 11) is 0. The van der Waals surface area contributed by atoms with Crippen molar-refractivity contribution < 1.29 is 24.2 Å². The average Bonchev–Trinajstić information content (AvgIpc) is 3.19. The van der Waals surface area contributed by atoms with Crippen molar-refractivity contribution >= 4 is 16.6 Å². The zero-order chi connectivity index (χ0) is 24.0. The smallest absolute Gasteiger partial charge is 0.278 e. The third-order valence-corrected chi connectivity index (χ3v) is 6.56. The van der Waals surface area contributed by atoms with Gasteiger partial charge >= 0.3 is 0 Å². The third-order valence-electron chi connectivity index (χ3n) is 6.56. The summed E-state index contributed by atoms with van der Waals surface area (Å²) in [6.45, 7) is 5.11. The molecule has 0 saturated heterocycles. The fraction of sp³-hybridized carbons (Fsp3) is 0.417. The number of fused-ring (bicyclic) bond motifs is 5. The minimum absolute atomic E-state index is 0.00722. The van der Waals surface area contributed by atoms with Gasteiger partial charge in [-0.05, 0) is 31.5 Å². The minimum atomic E-state index is -1.52. The summed E-state index contributed by atoms with van der Waals surface area (Å²) in [5, 5.41) is 23.5. The predicted octanol–water partition coefficient (Wildman–Crippen LogP) is 2.84. The molecule has 34 heavy (non-hydrogen) atoms. The van der Waals surface area contributed by atoms with E-state index < -0.39 is 16.8 Å². The molecule has 0 spiro atoms. The number of benzene rings is 1. The van der Waals surface area contributed by atoms with Crippen LogP contribution in [0.15, 0.2) is 35.1 Å². The number of nitrogens with zero attached hydrogens (tertiary/aromatic N) is 3. The van der Waals surface area contributed by atoms with Gasteiger partial charge in [-0.1, -0.05) is 13.0 Å². The minimum Gasteiger partial charge on any atom is -0.380 e. The van der Waals surface area contributed by atoms with Crippen LogP contribution in [0.2, 0.25) is 0 Å². The van der Waals surface area contributed by atoms with Crippen LogP contribution in [0.3, 0.4) is 0 Å². The fourth-order valence-corrected chi connectivity index (χ4v) is 4.79. The van der Waals surface area contributed by atoms with Crippen LogP contribution < -0.4 is 5.56 Å². The van der Waals surface area contributed by atoms with Crippen LogP contribution in [0, 0.1) is 10.1 Å². The van der Waals surface area contributed by atoms with E-state index in [2.05, 4.69) is 4.98 Å². The summed E-state index contributed by atoms with van der Waals surface area (Å²) in [4.78, 5) is 29.1. The summed E-state index contributed by atoms with van der Waals surface area (Å²) >= 11 is 0. The fourth-order valence-electron chi connectivity index (χ4n) is 4.79. The number of pyridine rings is 2.